The minimum absolute atomic E-state index is 0.0823. The molecule has 2 bridgehead atoms. The van der Waals surface area contributed by atoms with Crippen LogP contribution in [0, 0.1) is 17.8 Å². The van der Waals surface area contributed by atoms with Crippen LogP contribution >= 0.6 is 31.9 Å². The van der Waals surface area contributed by atoms with E-state index in [1.165, 1.54) is 0 Å². The molecule has 0 aromatic carbocycles. The number of fused-ring (bicyclic) bond motifs is 2. The second-order valence-corrected chi connectivity index (χ2v) is 7.01. The van der Waals surface area contributed by atoms with Crippen molar-refractivity contribution in [1.82, 2.24) is 5.32 Å². The Balaban J connectivity index is 1.67. The molecule has 0 aliphatic heterocycles. The second-order valence-electron chi connectivity index (χ2n) is 5.44. The van der Waals surface area contributed by atoms with Gasteiger partial charge in [0.2, 0.25) is 0 Å². The van der Waals surface area contributed by atoms with Crippen LogP contribution in [0.3, 0.4) is 0 Å². The highest BCUT2D eigenvalue weighted by Crippen LogP contribution is 2.48. The molecule has 4 unspecified atom stereocenters. The van der Waals surface area contributed by atoms with Gasteiger partial charge in [-0.05, 0) is 69.0 Å². The molecule has 0 radical (unpaired) electrons. The van der Waals surface area contributed by atoms with Gasteiger partial charge in [0.1, 0.15) is 5.76 Å². The minimum Gasteiger partial charge on any atom is -0.481 e. The zero-order chi connectivity index (χ0) is 13.6. The van der Waals surface area contributed by atoms with Gasteiger partial charge in [-0.15, -0.1) is 0 Å². The molecule has 1 aromatic rings. The highest BCUT2D eigenvalue weighted by molar-refractivity contribution is 9.13. The van der Waals surface area contributed by atoms with E-state index in [4.69, 9.17) is 4.42 Å². The van der Waals surface area contributed by atoms with Gasteiger partial charge in [0.05, 0.1) is 16.9 Å². The molecule has 1 heterocycles. The average Bonchev–Trinajstić information content (AvgIpc) is 3.02. The Hall–Kier alpha value is -0.330. The molecule has 6 heteroatoms. The van der Waals surface area contributed by atoms with E-state index in [0.29, 0.717) is 23.1 Å². The van der Waals surface area contributed by atoms with Crippen LogP contribution in [-0.4, -0.2) is 17.1 Å². The topological polar surface area (TPSA) is 62.5 Å². The predicted molar refractivity (Wildman–Crippen MR) is 76.7 cm³/mol. The lowest BCUT2D eigenvalue weighted by atomic mass is 9.84. The molecular formula is C13H15Br2NO3. The van der Waals surface area contributed by atoms with Gasteiger partial charge in [-0.25, -0.2) is 0 Å². The molecule has 2 fully saturated rings. The van der Waals surface area contributed by atoms with Crippen molar-refractivity contribution in [3.05, 3.63) is 21.0 Å². The quantitative estimate of drug-likeness (QED) is 0.824. The van der Waals surface area contributed by atoms with Crippen LogP contribution < -0.4 is 5.32 Å². The number of hydrogen-bond acceptors (Lipinski definition) is 3. The van der Waals surface area contributed by atoms with Gasteiger partial charge >= 0.3 is 5.97 Å². The molecule has 2 aliphatic carbocycles. The molecule has 1 aromatic heterocycles. The number of carboxylic acids is 1. The lowest BCUT2D eigenvalue weighted by Gasteiger charge is -2.28. The van der Waals surface area contributed by atoms with E-state index in [0.717, 1.165) is 29.5 Å². The molecule has 4 atom stereocenters. The third-order valence-electron chi connectivity index (χ3n) is 4.41. The van der Waals surface area contributed by atoms with Crippen LogP contribution in [0.5, 0.6) is 0 Å². The Morgan fingerprint density at radius 3 is 2.79 bits per heavy atom. The van der Waals surface area contributed by atoms with Crippen LogP contribution in [0.15, 0.2) is 19.6 Å². The van der Waals surface area contributed by atoms with Crippen LogP contribution in [-0.2, 0) is 11.3 Å². The minimum atomic E-state index is -0.661. The summed E-state index contributed by atoms with van der Waals surface area (Å²) in [5, 5.41) is 12.8. The maximum Gasteiger partial charge on any atom is 0.308 e. The Bertz CT molecular complexity index is 483. The van der Waals surface area contributed by atoms with Crippen molar-refractivity contribution >= 4 is 37.8 Å². The first-order chi connectivity index (χ1) is 9.06. The number of aliphatic carboxylic acids is 1. The van der Waals surface area contributed by atoms with Gasteiger partial charge in [-0.1, -0.05) is 0 Å². The van der Waals surface area contributed by atoms with Crippen LogP contribution in [0.1, 0.15) is 25.0 Å². The Morgan fingerprint density at radius 2 is 2.16 bits per heavy atom. The van der Waals surface area contributed by atoms with E-state index < -0.39 is 5.97 Å². The first kappa shape index (κ1) is 13.6. The third kappa shape index (κ3) is 2.50. The summed E-state index contributed by atoms with van der Waals surface area (Å²) >= 11 is 6.68. The summed E-state index contributed by atoms with van der Waals surface area (Å²) in [5.74, 6) is 0.778. The van der Waals surface area contributed by atoms with E-state index in [9.17, 15) is 9.90 Å². The SMILES string of the molecule is O=C(O)C1C2CCC(C2)C1NCc1cc(Br)c(Br)o1. The Kier molecular flexibility index (Phi) is 3.75. The fourth-order valence-electron chi connectivity index (χ4n) is 3.64. The lowest BCUT2D eigenvalue weighted by Crippen LogP contribution is -2.43. The zero-order valence-electron chi connectivity index (χ0n) is 10.2. The van der Waals surface area contributed by atoms with E-state index in [-0.39, 0.29) is 12.0 Å². The Labute approximate surface area is 128 Å². The van der Waals surface area contributed by atoms with Gasteiger partial charge in [0, 0.05) is 6.04 Å². The van der Waals surface area contributed by atoms with Gasteiger partial charge in [0.15, 0.2) is 4.67 Å². The highest BCUT2D eigenvalue weighted by atomic mass is 79.9. The zero-order valence-corrected chi connectivity index (χ0v) is 13.4. The molecule has 2 aliphatic rings. The number of carbonyl (C=O) groups is 1. The number of hydrogen-bond donors (Lipinski definition) is 2. The predicted octanol–water partition coefficient (Wildman–Crippen LogP) is 3.39. The monoisotopic (exact) mass is 391 g/mol. The van der Waals surface area contributed by atoms with Gasteiger partial charge in [0.25, 0.3) is 0 Å². The van der Waals surface area contributed by atoms with Crippen molar-refractivity contribution in [2.75, 3.05) is 0 Å². The van der Waals surface area contributed by atoms with Crippen molar-refractivity contribution in [1.29, 1.82) is 0 Å². The van der Waals surface area contributed by atoms with E-state index in [2.05, 4.69) is 37.2 Å². The fraction of sp³-hybridized carbons (Fsp3) is 0.615. The second kappa shape index (κ2) is 5.22. The van der Waals surface area contributed by atoms with Crippen molar-refractivity contribution in [2.24, 2.45) is 17.8 Å². The number of nitrogens with one attached hydrogen (secondary N) is 1. The molecule has 2 N–H and O–H groups in total. The summed E-state index contributed by atoms with van der Waals surface area (Å²) < 4.78 is 7.06. The van der Waals surface area contributed by atoms with Crippen LogP contribution in [0.25, 0.3) is 0 Å². The van der Waals surface area contributed by atoms with E-state index in [1.807, 2.05) is 6.07 Å². The summed E-state index contributed by atoms with van der Waals surface area (Å²) in [7, 11) is 0. The molecule has 19 heavy (non-hydrogen) atoms. The van der Waals surface area contributed by atoms with Crippen molar-refractivity contribution in [2.45, 2.75) is 31.8 Å². The standard InChI is InChI=1S/C13H15Br2NO3/c14-9-4-8(19-12(9)15)5-16-11-7-2-1-6(3-7)10(11)13(17)18/h4,6-7,10-11,16H,1-3,5H2,(H,17,18). The van der Waals surface area contributed by atoms with Gasteiger partial charge < -0.3 is 14.8 Å². The first-order valence-corrected chi connectivity index (χ1v) is 8.04. The smallest absolute Gasteiger partial charge is 0.308 e. The molecule has 0 amide bonds. The molecule has 0 spiro atoms. The molecule has 3 rings (SSSR count). The van der Waals surface area contributed by atoms with Gasteiger partial charge in [-0.3, -0.25) is 4.79 Å². The lowest BCUT2D eigenvalue weighted by molar-refractivity contribution is -0.144. The number of carboxylic acid groups (broad SMARTS) is 1. The molecule has 4 nitrogen and oxygen atoms in total. The number of furan rings is 1. The maximum absolute atomic E-state index is 11.4. The Morgan fingerprint density at radius 1 is 1.42 bits per heavy atom. The summed E-state index contributed by atoms with van der Waals surface area (Å²) in [6.07, 6.45) is 3.27. The molecule has 2 saturated carbocycles. The summed E-state index contributed by atoms with van der Waals surface area (Å²) in [6, 6.07) is 1.99. The van der Waals surface area contributed by atoms with Crippen molar-refractivity contribution < 1.29 is 14.3 Å². The van der Waals surface area contributed by atoms with E-state index >= 15 is 0 Å². The summed E-state index contributed by atoms with van der Waals surface area (Å²) in [6.45, 7) is 0.571. The number of halogens is 2. The maximum atomic E-state index is 11.4. The molecular weight excluding hydrogens is 378 g/mol. The fourth-order valence-corrected chi connectivity index (χ4v) is 4.30. The summed E-state index contributed by atoms with van der Waals surface area (Å²) in [5.41, 5.74) is 0. The van der Waals surface area contributed by atoms with Crippen molar-refractivity contribution in [3.8, 4) is 0 Å². The van der Waals surface area contributed by atoms with Gasteiger partial charge in [-0.2, -0.15) is 0 Å². The highest BCUT2D eigenvalue weighted by Gasteiger charge is 2.50. The summed E-state index contributed by atoms with van der Waals surface area (Å²) in [4.78, 5) is 11.4. The number of rotatable bonds is 4. The largest absolute Gasteiger partial charge is 0.481 e. The average molecular weight is 393 g/mol. The van der Waals surface area contributed by atoms with Crippen molar-refractivity contribution in [3.63, 3.8) is 0 Å². The molecule has 0 saturated heterocycles. The first-order valence-electron chi connectivity index (χ1n) is 6.46. The molecule has 104 valence electrons. The van der Waals surface area contributed by atoms with Crippen LogP contribution in [0.2, 0.25) is 0 Å². The van der Waals surface area contributed by atoms with Crippen LogP contribution in [0.4, 0.5) is 0 Å². The van der Waals surface area contributed by atoms with E-state index in [1.54, 1.807) is 0 Å². The third-order valence-corrected chi connectivity index (χ3v) is 6.12. The normalized spacial score (nSPS) is 32.9.